The first kappa shape index (κ1) is 18.8. The van der Waals surface area contributed by atoms with E-state index in [4.69, 9.17) is 5.73 Å². The molecular formula is C16H13N3O6S2. The van der Waals surface area contributed by atoms with Crippen molar-refractivity contribution in [1.29, 1.82) is 0 Å². The quantitative estimate of drug-likeness (QED) is 0.305. The first-order chi connectivity index (χ1) is 12.7. The van der Waals surface area contributed by atoms with Gasteiger partial charge in [-0.15, -0.1) is 10.2 Å². The van der Waals surface area contributed by atoms with E-state index in [0.717, 1.165) is 6.07 Å². The molecule has 0 unspecified atom stereocenters. The second-order valence-electron chi connectivity index (χ2n) is 5.57. The van der Waals surface area contributed by atoms with Crippen molar-refractivity contribution >= 4 is 47.4 Å². The van der Waals surface area contributed by atoms with Crippen molar-refractivity contribution < 1.29 is 26.5 Å². The van der Waals surface area contributed by atoms with Gasteiger partial charge in [-0.3, -0.25) is 4.55 Å². The number of aromatic hydroxyl groups is 1. The lowest BCUT2D eigenvalue weighted by Gasteiger charge is -2.10. The Morgan fingerprint density at radius 1 is 1.15 bits per heavy atom. The minimum absolute atomic E-state index is 0.0103. The number of nitrogens with zero attached hydrogens (tertiary/aromatic N) is 2. The molecule has 0 bridgehead atoms. The van der Waals surface area contributed by atoms with Gasteiger partial charge in [0.25, 0.3) is 10.1 Å². The van der Waals surface area contributed by atoms with Crippen LogP contribution in [0.5, 0.6) is 5.75 Å². The molecule has 4 N–H and O–H groups in total. The minimum atomic E-state index is -4.76. The van der Waals surface area contributed by atoms with Crippen molar-refractivity contribution in [2.45, 2.75) is 11.3 Å². The summed E-state index contributed by atoms with van der Waals surface area (Å²) < 4.78 is 55.5. The summed E-state index contributed by atoms with van der Waals surface area (Å²) >= 11 is 0. The number of nitrogens with two attached hydrogens (primary N) is 1. The zero-order chi connectivity index (χ0) is 19.8. The first-order valence-corrected chi connectivity index (χ1v) is 9.96. The molecule has 11 heteroatoms. The maximum absolute atomic E-state index is 11.7. The van der Waals surface area contributed by atoms with Crippen LogP contribution in [0.1, 0.15) is 6.42 Å². The molecule has 9 nitrogen and oxygen atoms in total. The van der Waals surface area contributed by atoms with Crippen molar-refractivity contribution in [3.05, 3.63) is 48.2 Å². The van der Waals surface area contributed by atoms with E-state index >= 15 is 0 Å². The summed E-state index contributed by atoms with van der Waals surface area (Å²) in [5, 5.41) is 18.4. The molecule has 0 saturated heterocycles. The number of azo groups is 1. The van der Waals surface area contributed by atoms with E-state index in [1.807, 2.05) is 0 Å². The highest BCUT2D eigenvalue weighted by Crippen LogP contribution is 2.41. The number of hydrogen-bond acceptors (Lipinski definition) is 8. The van der Waals surface area contributed by atoms with Crippen LogP contribution < -0.4 is 5.73 Å². The molecular weight excluding hydrogens is 394 g/mol. The maximum atomic E-state index is 11.7. The Morgan fingerprint density at radius 2 is 1.89 bits per heavy atom. The number of anilines is 1. The standard InChI is InChI=1S/C16H13N3O6S2/c17-10-5-6-11-9(7-10)8-14(27(23,24)25)15(16(11)20)19-18-12-3-1-2-4-13(12)26(21)22/h1-3,5-8,20H,4,17H2,(H,23,24,25). The number of allylic oxidation sites excluding steroid dienone is 4. The van der Waals surface area contributed by atoms with Crippen LogP contribution in [0.25, 0.3) is 10.8 Å². The molecule has 0 fully saturated rings. The van der Waals surface area contributed by atoms with Gasteiger partial charge in [0, 0.05) is 17.5 Å². The van der Waals surface area contributed by atoms with Gasteiger partial charge >= 0.3 is 0 Å². The molecule has 0 heterocycles. The summed E-state index contributed by atoms with van der Waals surface area (Å²) in [6, 6.07) is 5.48. The largest absolute Gasteiger partial charge is 0.505 e. The zero-order valence-electron chi connectivity index (χ0n) is 13.6. The number of phenolic OH excluding ortho intramolecular Hbond substituents is 1. The van der Waals surface area contributed by atoms with E-state index in [0.29, 0.717) is 5.69 Å². The van der Waals surface area contributed by atoms with Crippen molar-refractivity contribution in [3.8, 4) is 5.75 Å². The predicted molar refractivity (Wildman–Crippen MR) is 100 cm³/mol. The van der Waals surface area contributed by atoms with Gasteiger partial charge in [-0.2, -0.15) is 16.8 Å². The summed E-state index contributed by atoms with van der Waals surface area (Å²) in [6.45, 7) is 0. The van der Waals surface area contributed by atoms with E-state index in [1.165, 1.54) is 24.3 Å². The number of nitrogen functional groups attached to an aromatic ring is 1. The van der Waals surface area contributed by atoms with Crippen LogP contribution in [0.4, 0.5) is 11.4 Å². The van der Waals surface area contributed by atoms with Gasteiger partial charge in [-0.1, -0.05) is 12.2 Å². The molecule has 2 aromatic carbocycles. The molecule has 0 spiro atoms. The fraction of sp³-hybridized carbons (Fsp3) is 0.0625. The Balaban J connectivity index is 2.26. The lowest BCUT2D eigenvalue weighted by molar-refractivity contribution is 0.472. The van der Waals surface area contributed by atoms with Crippen LogP contribution in [-0.4, -0.2) is 31.4 Å². The summed E-state index contributed by atoms with van der Waals surface area (Å²) in [6.07, 6.45) is 4.66. The minimum Gasteiger partial charge on any atom is -0.505 e. The first-order valence-electron chi connectivity index (χ1n) is 7.45. The molecule has 140 valence electrons. The Kier molecular flexibility index (Phi) is 4.83. The van der Waals surface area contributed by atoms with Crippen LogP contribution in [0.3, 0.4) is 0 Å². The molecule has 2 aromatic rings. The molecule has 0 aliphatic heterocycles. The highest BCUT2D eigenvalue weighted by atomic mass is 32.2. The molecule has 3 rings (SSSR count). The molecule has 27 heavy (non-hydrogen) atoms. The summed E-state index contributed by atoms with van der Waals surface area (Å²) in [4.78, 5) is -0.721. The molecule has 1 aliphatic rings. The van der Waals surface area contributed by atoms with Crippen LogP contribution in [0, 0.1) is 0 Å². The number of benzene rings is 2. The lowest BCUT2D eigenvalue weighted by atomic mass is 10.1. The fourth-order valence-electron chi connectivity index (χ4n) is 2.54. The van der Waals surface area contributed by atoms with Gasteiger partial charge < -0.3 is 10.8 Å². The zero-order valence-corrected chi connectivity index (χ0v) is 15.2. The van der Waals surface area contributed by atoms with Gasteiger partial charge in [0.2, 0.25) is 10.3 Å². The third-order valence-electron chi connectivity index (χ3n) is 3.79. The van der Waals surface area contributed by atoms with E-state index in [2.05, 4.69) is 10.2 Å². The molecule has 1 aliphatic carbocycles. The molecule has 0 atom stereocenters. The second-order valence-corrected chi connectivity index (χ2v) is 7.92. The predicted octanol–water partition coefficient (Wildman–Crippen LogP) is 2.35. The second kappa shape index (κ2) is 6.95. The number of hydrogen-bond donors (Lipinski definition) is 3. The van der Waals surface area contributed by atoms with E-state index in [1.54, 1.807) is 12.2 Å². The summed E-state index contributed by atoms with van der Waals surface area (Å²) in [7, 11) is -7.30. The average Bonchev–Trinajstić information content (AvgIpc) is 2.59. The normalized spacial score (nSPS) is 14.7. The Labute approximate surface area is 155 Å². The third kappa shape index (κ3) is 3.74. The van der Waals surface area contributed by atoms with E-state index in [-0.39, 0.29) is 27.8 Å². The molecule has 0 radical (unpaired) electrons. The van der Waals surface area contributed by atoms with Gasteiger partial charge in [0.15, 0.2) is 5.75 Å². The third-order valence-corrected chi connectivity index (χ3v) is 5.44. The molecule has 0 saturated carbocycles. The van der Waals surface area contributed by atoms with Gasteiger partial charge in [0.1, 0.15) is 21.1 Å². The Morgan fingerprint density at radius 3 is 2.56 bits per heavy atom. The van der Waals surface area contributed by atoms with Gasteiger partial charge in [-0.25, -0.2) is 0 Å². The highest BCUT2D eigenvalue weighted by Gasteiger charge is 2.22. The van der Waals surface area contributed by atoms with Crippen molar-refractivity contribution in [3.63, 3.8) is 0 Å². The van der Waals surface area contributed by atoms with Gasteiger partial charge in [-0.05, 0) is 35.7 Å². The monoisotopic (exact) mass is 407 g/mol. The number of rotatable bonds is 3. The smallest absolute Gasteiger partial charge is 0.296 e. The Bertz CT molecular complexity index is 1280. The topological polar surface area (TPSA) is 159 Å². The van der Waals surface area contributed by atoms with Crippen molar-refractivity contribution in [2.24, 2.45) is 10.2 Å². The fourth-order valence-corrected chi connectivity index (χ4v) is 3.71. The van der Waals surface area contributed by atoms with Gasteiger partial charge in [0.05, 0.1) is 0 Å². The number of phenols is 1. The maximum Gasteiger partial charge on any atom is 0.296 e. The molecule has 0 aromatic heterocycles. The van der Waals surface area contributed by atoms with Crippen LogP contribution in [0.2, 0.25) is 0 Å². The van der Waals surface area contributed by atoms with Crippen LogP contribution >= 0.6 is 0 Å². The highest BCUT2D eigenvalue weighted by molar-refractivity contribution is 7.86. The SMILES string of the molecule is Nc1ccc2c(O)c(N=NC3=CC=CCC3=S(=O)=O)c(S(=O)(=O)O)cc2c1. The summed E-state index contributed by atoms with van der Waals surface area (Å²) in [5.74, 6) is -0.541. The van der Waals surface area contributed by atoms with Crippen molar-refractivity contribution in [2.75, 3.05) is 5.73 Å². The van der Waals surface area contributed by atoms with E-state index < -0.39 is 36.7 Å². The molecule has 0 amide bonds. The number of fused-ring (bicyclic) bond motifs is 1. The lowest BCUT2D eigenvalue weighted by Crippen LogP contribution is -2.04. The van der Waals surface area contributed by atoms with Crippen LogP contribution in [-0.2, 0) is 20.4 Å². The van der Waals surface area contributed by atoms with E-state index in [9.17, 15) is 26.5 Å². The average molecular weight is 407 g/mol. The Hall–Kier alpha value is -3.02. The van der Waals surface area contributed by atoms with Crippen molar-refractivity contribution in [1.82, 2.24) is 0 Å². The summed E-state index contributed by atoms with van der Waals surface area (Å²) in [5.41, 5.74) is 5.46. The van der Waals surface area contributed by atoms with Crippen LogP contribution in [0.15, 0.2) is 63.3 Å².